The van der Waals surface area contributed by atoms with E-state index in [2.05, 4.69) is 14.8 Å². The summed E-state index contributed by atoms with van der Waals surface area (Å²) < 4.78 is 5.24. The van der Waals surface area contributed by atoms with Gasteiger partial charge in [-0.2, -0.15) is 0 Å². The number of benzene rings is 1. The molecule has 0 saturated heterocycles. The number of fused-ring (bicyclic) bond motifs is 1. The summed E-state index contributed by atoms with van der Waals surface area (Å²) in [6.07, 6.45) is 4.94. The smallest absolute Gasteiger partial charge is 0.205 e. The number of H-pyrrole nitrogens is 1. The second-order valence-corrected chi connectivity index (χ2v) is 4.95. The third-order valence-electron chi connectivity index (χ3n) is 3.64. The van der Waals surface area contributed by atoms with Gasteiger partial charge in [-0.1, -0.05) is 30.3 Å². The SMILES string of the molecule is [C-]#[N+]c1cnc2[nH]c(-c3ccccc3)c(-c3ccoc3)c2c1. The molecule has 0 aliphatic rings. The molecule has 0 aliphatic heterocycles. The normalized spacial score (nSPS) is 10.7. The van der Waals surface area contributed by atoms with Crippen molar-refractivity contribution in [3.8, 4) is 22.4 Å². The van der Waals surface area contributed by atoms with E-state index in [9.17, 15) is 0 Å². The minimum absolute atomic E-state index is 0.524. The molecule has 0 radical (unpaired) electrons. The van der Waals surface area contributed by atoms with Gasteiger partial charge in [0.25, 0.3) is 0 Å². The number of rotatable bonds is 2. The van der Waals surface area contributed by atoms with E-state index in [4.69, 9.17) is 11.0 Å². The highest BCUT2D eigenvalue weighted by atomic mass is 16.3. The minimum Gasteiger partial charge on any atom is -0.472 e. The number of furan rings is 1. The lowest BCUT2D eigenvalue weighted by atomic mass is 10.0. The predicted molar refractivity (Wildman–Crippen MR) is 85.5 cm³/mol. The van der Waals surface area contributed by atoms with Crippen molar-refractivity contribution in [3.05, 3.63) is 72.6 Å². The number of hydrogen-bond donors (Lipinski definition) is 1. The molecule has 4 heteroatoms. The van der Waals surface area contributed by atoms with Crippen molar-refractivity contribution in [2.75, 3.05) is 0 Å². The summed E-state index contributed by atoms with van der Waals surface area (Å²) >= 11 is 0. The van der Waals surface area contributed by atoms with Crippen molar-refractivity contribution in [2.24, 2.45) is 0 Å². The molecule has 22 heavy (non-hydrogen) atoms. The number of aromatic nitrogens is 2. The fraction of sp³-hybridized carbons (Fsp3) is 0. The van der Waals surface area contributed by atoms with Crippen molar-refractivity contribution in [2.45, 2.75) is 0 Å². The van der Waals surface area contributed by atoms with Crippen LogP contribution in [0.2, 0.25) is 0 Å². The molecule has 104 valence electrons. The molecule has 0 aliphatic carbocycles. The molecular weight excluding hydrogens is 274 g/mol. The van der Waals surface area contributed by atoms with Gasteiger partial charge in [-0.15, -0.1) is 0 Å². The average molecular weight is 285 g/mol. The van der Waals surface area contributed by atoms with Crippen molar-refractivity contribution in [3.63, 3.8) is 0 Å². The van der Waals surface area contributed by atoms with Gasteiger partial charge in [0, 0.05) is 22.7 Å². The highest BCUT2D eigenvalue weighted by Gasteiger charge is 2.16. The van der Waals surface area contributed by atoms with Gasteiger partial charge in [-0.3, -0.25) is 4.98 Å². The maximum Gasteiger partial charge on any atom is 0.205 e. The lowest BCUT2D eigenvalue weighted by Crippen LogP contribution is -1.80. The molecule has 1 aromatic carbocycles. The Hall–Kier alpha value is -3.32. The lowest BCUT2D eigenvalue weighted by Gasteiger charge is -2.02. The van der Waals surface area contributed by atoms with Crippen LogP contribution in [-0.4, -0.2) is 9.97 Å². The van der Waals surface area contributed by atoms with Gasteiger partial charge < -0.3 is 9.40 Å². The monoisotopic (exact) mass is 285 g/mol. The van der Waals surface area contributed by atoms with E-state index in [0.717, 1.165) is 33.4 Å². The van der Waals surface area contributed by atoms with Crippen LogP contribution in [-0.2, 0) is 0 Å². The van der Waals surface area contributed by atoms with Crippen LogP contribution in [0.15, 0.2) is 65.6 Å². The topological polar surface area (TPSA) is 46.2 Å². The van der Waals surface area contributed by atoms with Crippen LogP contribution in [0.3, 0.4) is 0 Å². The van der Waals surface area contributed by atoms with E-state index in [1.165, 1.54) is 0 Å². The van der Waals surface area contributed by atoms with Gasteiger partial charge in [0.05, 0.1) is 24.8 Å². The fourth-order valence-corrected chi connectivity index (χ4v) is 2.65. The summed E-state index contributed by atoms with van der Waals surface area (Å²) in [5.74, 6) is 0. The van der Waals surface area contributed by atoms with Crippen LogP contribution in [0.1, 0.15) is 0 Å². The number of nitrogens with one attached hydrogen (secondary N) is 1. The molecule has 0 spiro atoms. The largest absolute Gasteiger partial charge is 0.472 e. The summed E-state index contributed by atoms with van der Waals surface area (Å²) in [6, 6.07) is 13.9. The van der Waals surface area contributed by atoms with Crippen LogP contribution < -0.4 is 0 Å². The Bertz CT molecular complexity index is 977. The second kappa shape index (κ2) is 4.90. The predicted octanol–water partition coefficient (Wildman–Crippen LogP) is 5.04. The third-order valence-corrected chi connectivity index (χ3v) is 3.64. The zero-order valence-electron chi connectivity index (χ0n) is 11.6. The lowest BCUT2D eigenvalue weighted by molar-refractivity contribution is 0.568. The number of aromatic amines is 1. The molecule has 4 aromatic rings. The number of pyridine rings is 1. The van der Waals surface area contributed by atoms with Crippen molar-refractivity contribution < 1.29 is 4.42 Å². The van der Waals surface area contributed by atoms with Gasteiger partial charge >= 0.3 is 0 Å². The molecule has 0 saturated carbocycles. The van der Waals surface area contributed by atoms with Crippen LogP contribution in [0.25, 0.3) is 38.3 Å². The summed E-state index contributed by atoms with van der Waals surface area (Å²) in [6.45, 7) is 7.19. The van der Waals surface area contributed by atoms with Gasteiger partial charge in [0.1, 0.15) is 5.65 Å². The highest BCUT2D eigenvalue weighted by Crippen LogP contribution is 2.38. The first-order valence-electron chi connectivity index (χ1n) is 6.84. The van der Waals surface area contributed by atoms with E-state index in [-0.39, 0.29) is 0 Å². The molecule has 3 heterocycles. The van der Waals surface area contributed by atoms with Crippen LogP contribution >= 0.6 is 0 Å². The molecule has 4 rings (SSSR count). The summed E-state index contributed by atoms with van der Waals surface area (Å²) in [5.41, 5.74) is 5.31. The zero-order chi connectivity index (χ0) is 14.9. The molecule has 3 aromatic heterocycles. The van der Waals surface area contributed by atoms with E-state index < -0.39 is 0 Å². The summed E-state index contributed by atoms with van der Waals surface area (Å²) in [7, 11) is 0. The molecular formula is C18H11N3O. The van der Waals surface area contributed by atoms with Gasteiger partial charge in [-0.25, -0.2) is 4.85 Å². The Morgan fingerprint density at radius 2 is 1.95 bits per heavy atom. The number of hydrogen-bond acceptors (Lipinski definition) is 2. The Labute approximate surface area is 126 Å². The Balaban J connectivity index is 2.09. The minimum atomic E-state index is 0.524. The molecule has 0 bridgehead atoms. The molecule has 1 N–H and O–H groups in total. The molecule has 0 fully saturated rings. The van der Waals surface area contributed by atoms with Gasteiger partial charge in [0.15, 0.2) is 0 Å². The highest BCUT2D eigenvalue weighted by molar-refractivity contribution is 6.03. The van der Waals surface area contributed by atoms with Gasteiger partial charge in [0.2, 0.25) is 5.69 Å². The van der Waals surface area contributed by atoms with Crippen LogP contribution in [0.5, 0.6) is 0 Å². The van der Waals surface area contributed by atoms with Crippen molar-refractivity contribution in [1.82, 2.24) is 9.97 Å². The van der Waals surface area contributed by atoms with E-state index >= 15 is 0 Å². The van der Waals surface area contributed by atoms with Crippen molar-refractivity contribution in [1.29, 1.82) is 0 Å². The van der Waals surface area contributed by atoms with Crippen LogP contribution in [0, 0.1) is 6.57 Å². The van der Waals surface area contributed by atoms with E-state index in [1.54, 1.807) is 18.7 Å². The first-order valence-corrected chi connectivity index (χ1v) is 6.84. The Morgan fingerprint density at radius 1 is 1.09 bits per heavy atom. The maximum absolute atomic E-state index is 7.19. The van der Waals surface area contributed by atoms with E-state index in [1.807, 2.05) is 42.5 Å². The first-order chi connectivity index (χ1) is 10.9. The Morgan fingerprint density at radius 3 is 2.68 bits per heavy atom. The van der Waals surface area contributed by atoms with E-state index in [0.29, 0.717) is 5.69 Å². The van der Waals surface area contributed by atoms with Crippen molar-refractivity contribution >= 4 is 16.7 Å². The van der Waals surface area contributed by atoms with Gasteiger partial charge in [-0.05, 0) is 17.7 Å². The first kappa shape index (κ1) is 12.4. The quantitative estimate of drug-likeness (QED) is 0.524. The average Bonchev–Trinajstić information content (AvgIpc) is 3.21. The molecule has 0 unspecified atom stereocenters. The molecule has 4 nitrogen and oxygen atoms in total. The van der Waals surface area contributed by atoms with Crippen LogP contribution in [0.4, 0.5) is 5.69 Å². The number of nitrogens with zero attached hydrogens (tertiary/aromatic N) is 2. The second-order valence-electron chi connectivity index (χ2n) is 4.95. The maximum atomic E-state index is 7.19. The zero-order valence-corrected chi connectivity index (χ0v) is 11.6. The summed E-state index contributed by atoms with van der Waals surface area (Å²) in [4.78, 5) is 11.2. The summed E-state index contributed by atoms with van der Waals surface area (Å²) in [5, 5.41) is 0.925. The third kappa shape index (κ3) is 1.88. The standard InChI is InChI=1S/C18H11N3O/c1-19-14-9-15-16(13-7-8-22-11-13)17(21-18(15)20-10-14)12-5-3-2-4-6-12/h2-11H,(H,20,21). The fourth-order valence-electron chi connectivity index (χ4n) is 2.65. The molecule has 0 atom stereocenters. The molecule has 0 amide bonds. The Kier molecular flexibility index (Phi) is 2.77.